The van der Waals surface area contributed by atoms with Crippen LogP contribution >= 0.6 is 0 Å². The van der Waals surface area contributed by atoms with E-state index in [4.69, 9.17) is 0 Å². The zero-order valence-electron chi connectivity index (χ0n) is 9.04. The predicted molar refractivity (Wildman–Crippen MR) is 56.3 cm³/mol. The van der Waals surface area contributed by atoms with Crippen molar-refractivity contribution in [2.75, 3.05) is 13.1 Å². The molecule has 4 aliphatic rings. The molecule has 82 valence electrons. The minimum atomic E-state index is 0.426. The molecule has 2 saturated carbocycles. The number of carbonyl (C=O) groups excluding carboxylic acids is 1. The first-order chi connectivity index (χ1) is 7.30. The van der Waals surface area contributed by atoms with Crippen LogP contribution in [0, 0.1) is 11.3 Å². The molecule has 2 saturated heterocycles. The molecule has 4 rings (SSSR count). The van der Waals surface area contributed by atoms with E-state index in [0.29, 0.717) is 29.3 Å². The molecular weight excluding hydrogens is 188 g/mol. The summed E-state index contributed by atoms with van der Waals surface area (Å²) in [5.74, 6) is 0.923. The van der Waals surface area contributed by atoms with Gasteiger partial charge in [0.2, 0.25) is 5.91 Å². The topological polar surface area (TPSA) is 32.3 Å². The highest BCUT2D eigenvalue weighted by Gasteiger charge is 2.63. The Bertz CT molecular complexity index is 310. The third-order valence-corrected chi connectivity index (χ3v) is 5.18. The van der Waals surface area contributed by atoms with Crippen molar-refractivity contribution >= 4 is 5.91 Å². The molecule has 3 atom stereocenters. The molecule has 0 aromatic carbocycles. The molecule has 2 bridgehead atoms. The number of nitrogens with zero attached hydrogens (tertiary/aromatic N) is 1. The summed E-state index contributed by atoms with van der Waals surface area (Å²) in [6.45, 7) is 2.06. The standard InChI is InChI=1S/C12H18N2O/c15-11(10-5-12(10)2-1-3-12)14-8-4-9(14)7-13-6-8/h8-10,13H,1-7H2. The van der Waals surface area contributed by atoms with Gasteiger partial charge in [-0.1, -0.05) is 6.42 Å². The van der Waals surface area contributed by atoms with Gasteiger partial charge in [-0.05, 0) is 31.1 Å². The van der Waals surface area contributed by atoms with Crippen LogP contribution in [-0.4, -0.2) is 36.0 Å². The maximum Gasteiger partial charge on any atom is 0.226 e. The summed E-state index contributed by atoms with van der Waals surface area (Å²) in [5, 5.41) is 3.38. The second kappa shape index (κ2) is 2.57. The van der Waals surface area contributed by atoms with E-state index in [2.05, 4.69) is 10.2 Å². The number of hydrogen-bond donors (Lipinski definition) is 1. The summed E-state index contributed by atoms with van der Waals surface area (Å²) in [6, 6.07) is 1.07. The van der Waals surface area contributed by atoms with Crippen molar-refractivity contribution in [2.45, 2.75) is 44.2 Å². The SMILES string of the molecule is O=C(C1CC12CCC2)N1C2CNCC1C2. The number of carbonyl (C=O) groups is 1. The number of hydrogen-bond acceptors (Lipinski definition) is 2. The Balaban J connectivity index is 1.48. The van der Waals surface area contributed by atoms with Crippen LogP contribution in [0.3, 0.4) is 0 Å². The number of fused-ring (bicyclic) bond motifs is 2. The highest BCUT2D eigenvalue weighted by Crippen LogP contribution is 2.66. The van der Waals surface area contributed by atoms with E-state index in [9.17, 15) is 4.79 Å². The third kappa shape index (κ3) is 0.975. The monoisotopic (exact) mass is 206 g/mol. The Hall–Kier alpha value is -0.570. The molecule has 1 spiro atoms. The van der Waals surface area contributed by atoms with E-state index in [1.807, 2.05) is 0 Å². The van der Waals surface area contributed by atoms with Crippen molar-refractivity contribution in [3.05, 3.63) is 0 Å². The Morgan fingerprint density at radius 2 is 2.00 bits per heavy atom. The third-order valence-electron chi connectivity index (χ3n) is 5.18. The van der Waals surface area contributed by atoms with Gasteiger partial charge in [-0.15, -0.1) is 0 Å². The molecule has 1 amide bonds. The smallest absolute Gasteiger partial charge is 0.226 e. The van der Waals surface area contributed by atoms with Crippen molar-refractivity contribution in [3.8, 4) is 0 Å². The van der Waals surface area contributed by atoms with E-state index in [0.717, 1.165) is 13.1 Å². The van der Waals surface area contributed by atoms with Crippen molar-refractivity contribution in [1.29, 1.82) is 0 Å². The fourth-order valence-corrected chi connectivity index (χ4v) is 3.90. The first kappa shape index (κ1) is 8.57. The molecule has 2 aliphatic carbocycles. The lowest BCUT2D eigenvalue weighted by atomic mass is 9.79. The molecule has 3 unspecified atom stereocenters. The Kier molecular flexibility index (Phi) is 1.47. The molecule has 4 fully saturated rings. The van der Waals surface area contributed by atoms with Crippen LogP contribution in [0.15, 0.2) is 0 Å². The summed E-state index contributed by atoms with van der Waals surface area (Å²) in [7, 11) is 0. The van der Waals surface area contributed by atoms with Crippen molar-refractivity contribution in [1.82, 2.24) is 10.2 Å². The fraction of sp³-hybridized carbons (Fsp3) is 0.917. The summed E-state index contributed by atoms with van der Waals surface area (Å²) >= 11 is 0. The van der Waals surface area contributed by atoms with Gasteiger partial charge in [-0.3, -0.25) is 4.79 Å². The lowest BCUT2D eigenvalue weighted by molar-refractivity contribution is -0.150. The molecule has 0 radical (unpaired) electrons. The lowest BCUT2D eigenvalue weighted by Gasteiger charge is -2.53. The zero-order valence-corrected chi connectivity index (χ0v) is 9.04. The van der Waals surface area contributed by atoms with E-state index < -0.39 is 0 Å². The van der Waals surface area contributed by atoms with Gasteiger partial charge in [-0.25, -0.2) is 0 Å². The summed E-state index contributed by atoms with van der Waals surface area (Å²) in [5.41, 5.74) is 0.508. The van der Waals surface area contributed by atoms with Crippen LogP contribution < -0.4 is 5.32 Å². The lowest BCUT2D eigenvalue weighted by Crippen LogP contribution is -2.69. The van der Waals surface area contributed by atoms with E-state index in [1.165, 1.54) is 32.1 Å². The first-order valence-electron chi connectivity index (χ1n) is 6.33. The first-order valence-corrected chi connectivity index (χ1v) is 6.33. The van der Waals surface area contributed by atoms with Gasteiger partial charge in [-0.2, -0.15) is 0 Å². The molecule has 1 N–H and O–H groups in total. The minimum absolute atomic E-state index is 0.426. The van der Waals surface area contributed by atoms with Gasteiger partial charge in [0.25, 0.3) is 0 Å². The zero-order chi connectivity index (χ0) is 10.0. The molecule has 2 heterocycles. The normalized spacial score (nSPS) is 44.5. The molecule has 3 heteroatoms. The molecule has 15 heavy (non-hydrogen) atoms. The van der Waals surface area contributed by atoms with E-state index in [-0.39, 0.29) is 0 Å². The Morgan fingerprint density at radius 3 is 2.47 bits per heavy atom. The maximum atomic E-state index is 12.3. The van der Waals surface area contributed by atoms with E-state index >= 15 is 0 Å². The highest BCUT2D eigenvalue weighted by atomic mass is 16.2. The Labute approximate surface area is 90.2 Å². The van der Waals surface area contributed by atoms with Gasteiger partial charge in [0.05, 0.1) is 0 Å². The van der Waals surface area contributed by atoms with Gasteiger partial charge in [0.15, 0.2) is 0 Å². The molecule has 2 aliphatic heterocycles. The molecule has 0 aromatic rings. The van der Waals surface area contributed by atoms with Crippen LogP contribution in [0.2, 0.25) is 0 Å². The average molecular weight is 206 g/mol. The maximum absolute atomic E-state index is 12.3. The molecular formula is C12H18N2O. The predicted octanol–water partition coefficient (Wildman–Crippen LogP) is 0.749. The quantitative estimate of drug-likeness (QED) is 0.686. The second-order valence-electron chi connectivity index (χ2n) is 5.92. The minimum Gasteiger partial charge on any atom is -0.334 e. The average Bonchev–Trinajstić information content (AvgIpc) is 2.93. The van der Waals surface area contributed by atoms with Gasteiger partial charge in [0, 0.05) is 31.1 Å². The largest absolute Gasteiger partial charge is 0.334 e. The van der Waals surface area contributed by atoms with Crippen LogP contribution in [0.4, 0.5) is 0 Å². The molecule has 3 nitrogen and oxygen atoms in total. The molecule has 0 aromatic heterocycles. The van der Waals surface area contributed by atoms with Crippen LogP contribution in [-0.2, 0) is 4.79 Å². The number of rotatable bonds is 1. The van der Waals surface area contributed by atoms with Crippen LogP contribution in [0.25, 0.3) is 0 Å². The number of piperidine rings is 1. The van der Waals surface area contributed by atoms with Gasteiger partial charge < -0.3 is 10.2 Å². The number of piperazine rings is 1. The van der Waals surface area contributed by atoms with Crippen LogP contribution in [0.5, 0.6) is 0 Å². The second-order valence-corrected chi connectivity index (χ2v) is 5.92. The van der Waals surface area contributed by atoms with E-state index in [1.54, 1.807) is 0 Å². The van der Waals surface area contributed by atoms with Crippen molar-refractivity contribution in [3.63, 3.8) is 0 Å². The van der Waals surface area contributed by atoms with Gasteiger partial charge >= 0.3 is 0 Å². The van der Waals surface area contributed by atoms with Gasteiger partial charge in [0.1, 0.15) is 0 Å². The summed E-state index contributed by atoms with van der Waals surface area (Å²) in [4.78, 5) is 14.5. The Morgan fingerprint density at radius 1 is 1.27 bits per heavy atom. The van der Waals surface area contributed by atoms with Crippen LogP contribution in [0.1, 0.15) is 32.1 Å². The fourth-order valence-electron chi connectivity index (χ4n) is 3.90. The summed E-state index contributed by atoms with van der Waals surface area (Å²) < 4.78 is 0. The van der Waals surface area contributed by atoms with Crippen molar-refractivity contribution < 1.29 is 4.79 Å². The summed E-state index contributed by atoms with van der Waals surface area (Å²) in [6.07, 6.45) is 6.46. The number of amides is 1. The highest BCUT2D eigenvalue weighted by molar-refractivity contribution is 5.84. The van der Waals surface area contributed by atoms with Crippen molar-refractivity contribution in [2.24, 2.45) is 11.3 Å². The number of nitrogens with one attached hydrogen (secondary N) is 1.